The lowest BCUT2D eigenvalue weighted by atomic mass is 10.3. The smallest absolute Gasteiger partial charge is 0.202 e. The molecular formula is C10H19N3. The first-order valence-electron chi connectivity index (χ1n) is 5.01. The summed E-state index contributed by atoms with van der Waals surface area (Å²) in [6.45, 7) is 7.51. The second-order valence-corrected chi connectivity index (χ2v) is 3.60. The van der Waals surface area contributed by atoms with Gasteiger partial charge in [-0.15, -0.1) is 0 Å². The molecule has 1 heterocycles. The first-order chi connectivity index (χ1) is 6.24. The van der Waals surface area contributed by atoms with Crippen LogP contribution < -0.4 is 5.32 Å². The lowest BCUT2D eigenvalue weighted by Crippen LogP contribution is -2.14. The van der Waals surface area contributed by atoms with Crippen molar-refractivity contribution in [3.63, 3.8) is 0 Å². The maximum atomic E-state index is 4.26. The first kappa shape index (κ1) is 10.1. The minimum absolute atomic E-state index is 0.447. The number of imidazole rings is 1. The Morgan fingerprint density at radius 2 is 2.31 bits per heavy atom. The van der Waals surface area contributed by atoms with E-state index in [0.717, 1.165) is 12.5 Å². The summed E-state index contributed by atoms with van der Waals surface area (Å²) in [7, 11) is 0. The molecule has 0 aromatic carbocycles. The number of anilines is 1. The van der Waals surface area contributed by atoms with Gasteiger partial charge in [-0.3, -0.25) is 0 Å². The molecule has 1 aromatic rings. The Morgan fingerprint density at radius 3 is 2.92 bits per heavy atom. The highest BCUT2D eigenvalue weighted by atomic mass is 15.2. The zero-order valence-corrected chi connectivity index (χ0v) is 8.75. The number of hydrogen-bond donors (Lipinski definition) is 1. The lowest BCUT2D eigenvalue weighted by molar-refractivity contribution is 0.631. The van der Waals surface area contributed by atoms with E-state index in [1.54, 1.807) is 0 Å². The fraction of sp³-hybridized carbons (Fsp3) is 0.700. The van der Waals surface area contributed by atoms with E-state index in [9.17, 15) is 0 Å². The number of nitrogens with zero attached hydrogens (tertiary/aromatic N) is 2. The van der Waals surface area contributed by atoms with Crippen LogP contribution in [0.1, 0.15) is 33.6 Å². The summed E-state index contributed by atoms with van der Waals surface area (Å²) in [6, 6.07) is 0.447. The van der Waals surface area contributed by atoms with Crippen molar-refractivity contribution in [2.75, 3.05) is 5.32 Å². The number of hydrogen-bond acceptors (Lipinski definition) is 2. The summed E-state index contributed by atoms with van der Waals surface area (Å²) in [5.74, 6) is 0.989. The predicted molar refractivity (Wildman–Crippen MR) is 55.9 cm³/mol. The van der Waals surface area contributed by atoms with Crippen LogP contribution in [0, 0.1) is 0 Å². The van der Waals surface area contributed by atoms with E-state index in [2.05, 4.69) is 35.6 Å². The third kappa shape index (κ3) is 3.09. The SMILES string of the molecule is CCCCn1ccnc1NC(C)C. The van der Waals surface area contributed by atoms with E-state index < -0.39 is 0 Å². The van der Waals surface area contributed by atoms with Crippen molar-refractivity contribution in [2.24, 2.45) is 0 Å². The summed E-state index contributed by atoms with van der Waals surface area (Å²) in [6.07, 6.45) is 6.31. The summed E-state index contributed by atoms with van der Waals surface area (Å²) >= 11 is 0. The van der Waals surface area contributed by atoms with Crippen LogP contribution in [0.4, 0.5) is 5.95 Å². The summed E-state index contributed by atoms with van der Waals surface area (Å²) < 4.78 is 2.17. The van der Waals surface area contributed by atoms with Crippen molar-refractivity contribution in [2.45, 2.75) is 46.2 Å². The van der Waals surface area contributed by atoms with Crippen molar-refractivity contribution in [1.29, 1.82) is 0 Å². The number of aromatic nitrogens is 2. The monoisotopic (exact) mass is 181 g/mol. The average molecular weight is 181 g/mol. The highest BCUT2D eigenvalue weighted by molar-refractivity contribution is 5.26. The van der Waals surface area contributed by atoms with Gasteiger partial charge in [0.1, 0.15) is 0 Å². The Bertz CT molecular complexity index is 240. The molecule has 0 aliphatic heterocycles. The molecule has 0 fully saturated rings. The largest absolute Gasteiger partial charge is 0.353 e. The van der Waals surface area contributed by atoms with E-state index in [-0.39, 0.29) is 0 Å². The molecule has 0 unspecified atom stereocenters. The molecule has 0 radical (unpaired) electrons. The second-order valence-electron chi connectivity index (χ2n) is 3.60. The van der Waals surface area contributed by atoms with E-state index in [0.29, 0.717) is 6.04 Å². The van der Waals surface area contributed by atoms with Crippen LogP contribution in [0.2, 0.25) is 0 Å². The van der Waals surface area contributed by atoms with Gasteiger partial charge in [0, 0.05) is 25.0 Å². The van der Waals surface area contributed by atoms with Gasteiger partial charge in [0.2, 0.25) is 5.95 Å². The van der Waals surface area contributed by atoms with Gasteiger partial charge in [-0.25, -0.2) is 4.98 Å². The summed E-state index contributed by atoms with van der Waals surface area (Å²) in [4.78, 5) is 4.26. The van der Waals surface area contributed by atoms with Crippen molar-refractivity contribution in [3.8, 4) is 0 Å². The molecule has 74 valence electrons. The number of nitrogens with one attached hydrogen (secondary N) is 1. The molecule has 3 nitrogen and oxygen atoms in total. The Morgan fingerprint density at radius 1 is 1.54 bits per heavy atom. The van der Waals surface area contributed by atoms with Gasteiger partial charge in [0.05, 0.1) is 0 Å². The lowest BCUT2D eigenvalue weighted by Gasteiger charge is -2.11. The van der Waals surface area contributed by atoms with Crippen LogP contribution in [0.5, 0.6) is 0 Å². The maximum absolute atomic E-state index is 4.26. The Hall–Kier alpha value is -0.990. The van der Waals surface area contributed by atoms with Crippen molar-refractivity contribution in [3.05, 3.63) is 12.4 Å². The fourth-order valence-electron chi connectivity index (χ4n) is 1.22. The van der Waals surface area contributed by atoms with E-state index >= 15 is 0 Å². The van der Waals surface area contributed by atoms with Gasteiger partial charge in [-0.1, -0.05) is 13.3 Å². The minimum Gasteiger partial charge on any atom is -0.353 e. The molecule has 0 spiro atoms. The second kappa shape index (κ2) is 4.90. The highest BCUT2D eigenvalue weighted by Gasteiger charge is 2.02. The molecule has 0 saturated heterocycles. The molecule has 0 amide bonds. The van der Waals surface area contributed by atoms with Crippen LogP contribution in [0.3, 0.4) is 0 Å². The van der Waals surface area contributed by atoms with Crippen molar-refractivity contribution >= 4 is 5.95 Å². The predicted octanol–water partition coefficient (Wildman–Crippen LogP) is 2.50. The number of unbranched alkanes of at least 4 members (excludes halogenated alkanes) is 1. The molecule has 13 heavy (non-hydrogen) atoms. The summed E-state index contributed by atoms with van der Waals surface area (Å²) in [5, 5.41) is 3.31. The van der Waals surface area contributed by atoms with Crippen LogP contribution in [0.25, 0.3) is 0 Å². The Balaban J connectivity index is 2.55. The van der Waals surface area contributed by atoms with Gasteiger partial charge in [0.25, 0.3) is 0 Å². The van der Waals surface area contributed by atoms with Crippen molar-refractivity contribution in [1.82, 2.24) is 9.55 Å². The molecule has 0 saturated carbocycles. The number of aryl methyl sites for hydroxylation is 1. The van der Waals surface area contributed by atoms with E-state index in [1.807, 2.05) is 12.4 Å². The molecule has 1 aromatic heterocycles. The van der Waals surface area contributed by atoms with Gasteiger partial charge in [-0.2, -0.15) is 0 Å². The number of rotatable bonds is 5. The van der Waals surface area contributed by atoms with Gasteiger partial charge in [-0.05, 0) is 20.3 Å². The standard InChI is InChI=1S/C10H19N3/c1-4-5-7-13-8-6-11-10(13)12-9(2)3/h6,8-9H,4-5,7H2,1-3H3,(H,11,12). The average Bonchev–Trinajstić information content (AvgIpc) is 2.48. The first-order valence-corrected chi connectivity index (χ1v) is 5.01. The van der Waals surface area contributed by atoms with Crippen LogP contribution in [0.15, 0.2) is 12.4 Å². The third-order valence-electron chi connectivity index (χ3n) is 1.89. The van der Waals surface area contributed by atoms with Crippen molar-refractivity contribution < 1.29 is 0 Å². The Labute approximate surface area is 80.2 Å². The van der Waals surface area contributed by atoms with Gasteiger partial charge >= 0.3 is 0 Å². The quantitative estimate of drug-likeness (QED) is 0.756. The molecule has 1 rings (SSSR count). The van der Waals surface area contributed by atoms with Gasteiger partial charge < -0.3 is 9.88 Å². The fourth-order valence-corrected chi connectivity index (χ4v) is 1.22. The molecule has 1 N–H and O–H groups in total. The molecule has 0 atom stereocenters. The topological polar surface area (TPSA) is 29.9 Å². The molecule has 0 aliphatic carbocycles. The minimum atomic E-state index is 0.447. The van der Waals surface area contributed by atoms with Crippen LogP contribution in [-0.2, 0) is 6.54 Å². The normalized spacial score (nSPS) is 10.8. The van der Waals surface area contributed by atoms with E-state index in [1.165, 1.54) is 12.8 Å². The highest BCUT2D eigenvalue weighted by Crippen LogP contribution is 2.07. The van der Waals surface area contributed by atoms with Gasteiger partial charge in [0.15, 0.2) is 0 Å². The molecule has 0 aliphatic rings. The molecular weight excluding hydrogens is 162 g/mol. The molecule has 3 heteroatoms. The van der Waals surface area contributed by atoms with Crippen LogP contribution >= 0.6 is 0 Å². The summed E-state index contributed by atoms with van der Waals surface area (Å²) in [5.41, 5.74) is 0. The van der Waals surface area contributed by atoms with E-state index in [4.69, 9.17) is 0 Å². The van der Waals surface area contributed by atoms with Crippen LogP contribution in [-0.4, -0.2) is 15.6 Å². The zero-order chi connectivity index (χ0) is 9.68. The molecule has 0 bridgehead atoms. The Kier molecular flexibility index (Phi) is 3.80. The maximum Gasteiger partial charge on any atom is 0.202 e. The zero-order valence-electron chi connectivity index (χ0n) is 8.75. The third-order valence-corrected chi connectivity index (χ3v) is 1.89.